The summed E-state index contributed by atoms with van der Waals surface area (Å²) in [5.74, 6) is 0.144. The second-order valence-electron chi connectivity index (χ2n) is 4.81. The van der Waals surface area contributed by atoms with Crippen molar-refractivity contribution in [1.82, 2.24) is 4.90 Å². The predicted molar refractivity (Wildman–Crippen MR) is 89.6 cm³/mol. The number of nitrogens with two attached hydrogens (primary N) is 1. The first-order valence-electron chi connectivity index (χ1n) is 6.95. The Morgan fingerprint density at radius 2 is 2.05 bits per heavy atom. The van der Waals surface area contributed by atoms with E-state index < -0.39 is 0 Å². The average molecular weight is 323 g/mol. The first kappa shape index (κ1) is 15.9. The Bertz CT molecular complexity index is 612. The zero-order chi connectivity index (χ0) is 15.2. The summed E-state index contributed by atoms with van der Waals surface area (Å²) in [5.41, 5.74) is 7.68. The number of carbonyl (C=O) groups excluding carboxylic acids is 1. The molecule has 0 atom stereocenters. The number of amides is 1. The van der Waals surface area contributed by atoms with Crippen LogP contribution >= 0.6 is 22.9 Å². The number of hydrogen-bond donors (Lipinski definition) is 1. The molecular weight excluding hydrogens is 304 g/mol. The van der Waals surface area contributed by atoms with Gasteiger partial charge in [0.15, 0.2) is 0 Å². The molecule has 0 unspecified atom stereocenters. The van der Waals surface area contributed by atoms with E-state index in [1.54, 1.807) is 0 Å². The third-order valence-corrected chi connectivity index (χ3v) is 4.59. The van der Waals surface area contributed by atoms with Gasteiger partial charge in [0.2, 0.25) is 5.91 Å². The van der Waals surface area contributed by atoms with Crippen molar-refractivity contribution in [2.45, 2.75) is 26.3 Å². The van der Waals surface area contributed by atoms with Gasteiger partial charge in [0.25, 0.3) is 0 Å². The molecule has 3 nitrogen and oxygen atoms in total. The second kappa shape index (κ2) is 7.48. The highest BCUT2D eigenvalue weighted by atomic mass is 35.5. The van der Waals surface area contributed by atoms with Crippen LogP contribution in [-0.4, -0.2) is 17.4 Å². The number of rotatable bonds is 6. The lowest BCUT2D eigenvalue weighted by molar-refractivity contribution is -0.131. The molecule has 0 aliphatic rings. The van der Waals surface area contributed by atoms with Gasteiger partial charge in [0.05, 0.1) is 10.9 Å². The molecule has 0 bridgehead atoms. The minimum atomic E-state index is 0.144. The third kappa shape index (κ3) is 4.48. The van der Waals surface area contributed by atoms with Crippen molar-refractivity contribution in [2.24, 2.45) is 0 Å². The molecule has 112 valence electrons. The molecular formula is C16H19ClN2OS. The van der Waals surface area contributed by atoms with Crippen molar-refractivity contribution in [2.75, 3.05) is 12.3 Å². The van der Waals surface area contributed by atoms with E-state index in [1.807, 2.05) is 48.2 Å². The summed E-state index contributed by atoms with van der Waals surface area (Å²) >= 11 is 7.44. The zero-order valence-corrected chi connectivity index (χ0v) is 13.6. The molecule has 0 saturated heterocycles. The summed E-state index contributed by atoms with van der Waals surface area (Å²) in [6, 6.07) is 11.5. The molecule has 0 radical (unpaired) electrons. The highest BCUT2D eigenvalue weighted by molar-refractivity contribution is 7.16. The van der Waals surface area contributed by atoms with Gasteiger partial charge in [-0.15, -0.1) is 11.3 Å². The van der Waals surface area contributed by atoms with Crippen molar-refractivity contribution in [3.63, 3.8) is 0 Å². The first-order valence-corrected chi connectivity index (χ1v) is 8.15. The fourth-order valence-corrected chi connectivity index (χ4v) is 3.27. The van der Waals surface area contributed by atoms with E-state index in [0.717, 1.165) is 20.5 Å². The van der Waals surface area contributed by atoms with E-state index in [1.165, 1.54) is 11.3 Å². The number of halogens is 1. The van der Waals surface area contributed by atoms with Gasteiger partial charge in [-0.25, -0.2) is 0 Å². The molecule has 2 rings (SSSR count). The van der Waals surface area contributed by atoms with E-state index in [9.17, 15) is 4.79 Å². The normalized spacial score (nSPS) is 10.6. The van der Waals surface area contributed by atoms with Crippen LogP contribution in [0.5, 0.6) is 0 Å². The summed E-state index contributed by atoms with van der Waals surface area (Å²) in [7, 11) is 0. The van der Waals surface area contributed by atoms with Gasteiger partial charge < -0.3 is 10.6 Å². The highest BCUT2D eigenvalue weighted by Crippen LogP contribution is 2.23. The molecule has 1 aromatic heterocycles. The summed E-state index contributed by atoms with van der Waals surface area (Å²) in [5, 5.41) is 0. The molecule has 0 aliphatic carbocycles. The molecule has 2 aromatic rings. The smallest absolute Gasteiger partial charge is 0.223 e. The Labute approximate surface area is 134 Å². The summed E-state index contributed by atoms with van der Waals surface area (Å²) in [6.07, 6.45) is 1.15. The Balaban J connectivity index is 1.93. The van der Waals surface area contributed by atoms with Gasteiger partial charge in [-0.1, -0.05) is 29.8 Å². The van der Waals surface area contributed by atoms with Crippen LogP contribution in [0.2, 0.25) is 4.34 Å². The Hall–Kier alpha value is -1.52. The number of aryl methyl sites for hydroxylation is 1. The number of carbonyl (C=O) groups is 1. The maximum absolute atomic E-state index is 12.3. The quantitative estimate of drug-likeness (QED) is 0.818. The van der Waals surface area contributed by atoms with Gasteiger partial charge in [-0.3, -0.25) is 4.79 Å². The molecule has 0 spiro atoms. The number of hydrogen-bond acceptors (Lipinski definition) is 3. The van der Waals surface area contributed by atoms with Gasteiger partial charge in [-0.05, 0) is 37.1 Å². The van der Waals surface area contributed by atoms with Crippen molar-refractivity contribution in [1.29, 1.82) is 0 Å². The second-order valence-corrected chi connectivity index (χ2v) is 6.61. The molecule has 0 saturated carbocycles. The standard InChI is InChI=1S/C16H19ClN2OS/c1-2-19(11-13-8-9-15(17)21-13)16(20)10-7-12-5-3-4-6-14(12)18/h3-6,8-9H,2,7,10-11,18H2,1H3. The molecule has 1 amide bonds. The van der Waals surface area contributed by atoms with Gasteiger partial charge in [0.1, 0.15) is 0 Å². The zero-order valence-electron chi connectivity index (χ0n) is 12.0. The third-order valence-electron chi connectivity index (χ3n) is 3.37. The van der Waals surface area contributed by atoms with Crippen LogP contribution in [-0.2, 0) is 17.8 Å². The molecule has 0 aliphatic heterocycles. The fraction of sp³-hybridized carbons (Fsp3) is 0.312. The lowest BCUT2D eigenvalue weighted by Crippen LogP contribution is -2.30. The molecule has 5 heteroatoms. The van der Waals surface area contributed by atoms with Crippen LogP contribution in [0.3, 0.4) is 0 Å². The van der Waals surface area contributed by atoms with Crippen LogP contribution in [0.25, 0.3) is 0 Å². The first-order chi connectivity index (χ1) is 10.1. The Kier molecular flexibility index (Phi) is 5.65. The van der Waals surface area contributed by atoms with Gasteiger partial charge >= 0.3 is 0 Å². The Morgan fingerprint density at radius 1 is 1.29 bits per heavy atom. The predicted octanol–water partition coefficient (Wildman–Crippen LogP) is 3.97. The fourth-order valence-electron chi connectivity index (χ4n) is 2.16. The molecule has 21 heavy (non-hydrogen) atoms. The van der Waals surface area contributed by atoms with Crippen LogP contribution < -0.4 is 5.73 Å². The summed E-state index contributed by atoms with van der Waals surface area (Å²) < 4.78 is 0.755. The summed E-state index contributed by atoms with van der Waals surface area (Å²) in [4.78, 5) is 15.3. The van der Waals surface area contributed by atoms with E-state index in [-0.39, 0.29) is 5.91 Å². The van der Waals surface area contributed by atoms with Crippen molar-refractivity contribution in [3.8, 4) is 0 Å². The maximum Gasteiger partial charge on any atom is 0.223 e. The number of para-hydroxylation sites is 1. The van der Waals surface area contributed by atoms with E-state index in [0.29, 0.717) is 25.9 Å². The minimum Gasteiger partial charge on any atom is -0.399 e. The molecule has 0 fully saturated rings. The Morgan fingerprint density at radius 3 is 2.67 bits per heavy atom. The highest BCUT2D eigenvalue weighted by Gasteiger charge is 2.13. The topological polar surface area (TPSA) is 46.3 Å². The number of anilines is 1. The van der Waals surface area contributed by atoms with Crippen molar-refractivity contribution in [3.05, 3.63) is 51.2 Å². The van der Waals surface area contributed by atoms with E-state index >= 15 is 0 Å². The maximum atomic E-state index is 12.3. The minimum absolute atomic E-state index is 0.144. The molecule has 2 N–H and O–H groups in total. The van der Waals surface area contributed by atoms with Crippen molar-refractivity contribution < 1.29 is 4.79 Å². The molecule has 1 aromatic carbocycles. The van der Waals surface area contributed by atoms with Crippen molar-refractivity contribution >= 4 is 34.5 Å². The van der Waals surface area contributed by atoms with Gasteiger partial charge in [0, 0.05) is 23.5 Å². The lowest BCUT2D eigenvalue weighted by Gasteiger charge is -2.20. The average Bonchev–Trinajstić information content (AvgIpc) is 2.89. The SMILES string of the molecule is CCN(Cc1ccc(Cl)s1)C(=O)CCc1ccccc1N. The van der Waals surface area contributed by atoms with E-state index in [4.69, 9.17) is 17.3 Å². The number of nitrogens with zero attached hydrogens (tertiary/aromatic N) is 1. The molecule has 1 heterocycles. The summed E-state index contributed by atoms with van der Waals surface area (Å²) in [6.45, 7) is 3.31. The van der Waals surface area contributed by atoms with Crippen LogP contribution in [0, 0.1) is 0 Å². The largest absolute Gasteiger partial charge is 0.399 e. The van der Waals surface area contributed by atoms with E-state index in [2.05, 4.69) is 0 Å². The number of benzene rings is 1. The monoisotopic (exact) mass is 322 g/mol. The number of nitrogen functional groups attached to an aromatic ring is 1. The number of thiophene rings is 1. The van der Waals surface area contributed by atoms with Crippen LogP contribution in [0.1, 0.15) is 23.8 Å². The van der Waals surface area contributed by atoms with Crippen LogP contribution in [0.4, 0.5) is 5.69 Å². The lowest BCUT2D eigenvalue weighted by atomic mass is 10.1. The van der Waals surface area contributed by atoms with Crippen LogP contribution in [0.15, 0.2) is 36.4 Å². The van der Waals surface area contributed by atoms with Gasteiger partial charge in [-0.2, -0.15) is 0 Å².